The van der Waals surface area contributed by atoms with Crippen molar-refractivity contribution in [2.75, 3.05) is 13.6 Å². The number of rotatable bonds is 3. The van der Waals surface area contributed by atoms with E-state index in [0.717, 1.165) is 25.7 Å². The van der Waals surface area contributed by atoms with E-state index in [-0.39, 0.29) is 17.9 Å². The molecule has 0 saturated heterocycles. The summed E-state index contributed by atoms with van der Waals surface area (Å²) in [4.78, 5) is 24.1. The first kappa shape index (κ1) is 13.0. The minimum Gasteiger partial charge on any atom is -0.480 e. The number of hydrogen-bond donors (Lipinski definition) is 1. The van der Waals surface area contributed by atoms with Crippen LogP contribution in [0.2, 0.25) is 0 Å². The number of carboxylic acid groups (broad SMARTS) is 1. The van der Waals surface area contributed by atoms with Gasteiger partial charge in [0.15, 0.2) is 0 Å². The Morgan fingerprint density at radius 1 is 1.19 bits per heavy atom. The fourth-order valence-corrected chi connectivity index (χ4v) is 2.46. The molecule has 0 aliphatic heterocycles. The number of hydrogen-bond acceptors (Lipinski definition) is 2. The summed E-state index contributed by atoms with van der Waals surface area (Å²) in [6.07, 6.45) is 6.29. The second kappa shape index (κ2) is 5.32. The fraction of sp³-hybridized carbons (Fsp3) is 0.833. The normalized spacial score (nSPS) is 19.9. The molecule has 0 atom stereocenters. The van der Waals surface area contributed by atoms with Crippen LogP contribution in [0.3, 0.4) is 0 Å². The number of aliphatic carboxylic acids is 1. The Balaban J connectivity index is 2.65. The number of carbonyl (C=O) groups is 2. The summed E-state index contributed by atoms with van der Waals surface area (Å²) in [5, 5.41) is 8.68. The molecule has 0 aromatic rings. The van der Waals surface area contributed by atoms with Gasteiger partial charge < -0.3 is 10.0 Å². The molecule has 1 saturated carbocycles. The number of carbonyl (C=O) groups excluding carboxylic acids is 1. The zero-order valence-corrected chi connectivity index (χ0v) is 10.2. The van der Waals surface area contributed by atoms with Crippen molar-refractivity contribution < 1.29 is 14.7 Å². The van der Waals surface area contributed by atoms with Crippen molar-refractivity contribution in [2.24, 2.45) is 5.41 Å². The molecule has 1 rings (SSSR count). The quantitative estimate of drug-likeness (QED) is 0.749. The molecule has 1 aliphatic rings. The molecule has 0 bridgehead atoms. The van der Waals surface area contributed by atoms with Gasteiger partial charge in [-0.05, 0) is 12.8 Å². The first-order chi connectivity index (χ1) is 7.46. The van der Waals surface area contributed by atoms with E-state index < -0.39 is 5.97 Å². The van der Waals surface area contributed by atoms with E-state index in [1.165, 1.54) is 17.7 Å². The highest BCUT2D eigenvalue weighted by Crippen LogP contribution is 2.35. The van der Waals surface area contributed by atoms with Gasteiger partial charge in [-0.1, -0.05) is 32.6 Å². The van der Waals surface area contributed by atoms with Gasteiger partial charge in [0.05, 0.1) is 0 Å². The number of nitrogens with zero attached hydrogens (tertiary/aromatic N) is 1. The van der Waals surface area contributed by atoms with Crippen LogP contribution in [0.5, 0.6) is 0 Å². The lowest BCUT2D eigenvalue weighted by atomic mass is 9.81. The zero-order chi connectivity index (χ0) is 12.2. The predicted octanol–water partition coefficient (Wildman–Crippen LogP) is 1.89. The molecule has 0 unspecified atom stereocenters. The molecule has 0 radical (unpaired) electrons. The first-order valence-electron chi connectivity index (χ1n) is 5.93. The summed E-state index contributed by atoms with van der Waals surface area (Å²) in [7, 11) is 1.58. The smallest absolute Gasteiger partial charge is 0.323 e. The Morgan fingerprint density at radius 3 is 2.12 bits per heavy atom. The number of likely N-dealkylation sites (N-methyl/N-ethyl adjacent to an activating group) is 1. The molecule has 4 heteroatoms. The molecule has 0 spiro atoms. The van der Waals surface area contributed by atoms with Crippen LogP contribution in [0.25, 0.3) is 0 Å². The van der Waals surface area contributed by atoms with Crippen LogP contribution in [0, 0.1) is 5.41 Å². The summed E-state index contributed by atoms with van der Waals surface area (Å²) in [6.45, 7) is 1.77. The van der Waals surface area contributed by atoms with E-state index in [4.69, 9.17) is 5.11 Å². The van der Waals surface area contributed by atoms with E-state index in [1.54, 1.807) is 7.05 Å². The van der Waals surface area contributed by atoms with E-state index >= 15 is 0 Å². The third-order valence-electron chi connectivity index (χ3n) is 3.44. The van der Waals surface area contributed by atoms with E-state index in [1.807, 2.05) is 6.92 Å². The van der Waals surface area contributed by atoms with Crippen molar-refractivity contribution in [2.45, 2.75) is 45.4 Å². The molecular weight excluding hydrogens is 206 g/mol. The van der Waals surface area contributed by atoms with Gasteiger partial charge in [-0.15, -0.1) is 0 Å². The SMILES string of the molecule is CN(CC(=O)O)C(=O)C1(C)CCCCCC1. The van der Waals surface area contributed by atoms with Crippen LogP contribution in [-0.2, 0) is 9.59 Å². The molecule has 0 aromatic carbocycles. The minimum absolute atomic E-state index is 0.0169. The van der Waals surface area contributed by atoms with Crippen LogP contribution in [0.1, 0.15) is 45.4 Å². The molecular formula is C12H21NO3. The molecule has 4 nitrogen and oxygen atoms in total. The fourth-order valence-electron chi connectivity index (χ4n) is 2.46. The van der Waals surface area contributed by atoms with E-state index in [9.17, 15) is 9.59 Å². The van der Waals surface area contributed by atoms with Gasteiger partial charge in [0, 0.05) is 12.5 Å². The Bertz CT molecular complexity index is 267. The maximum Gasteiger partial charge on any atom is 0.323 e. The van der Waals surface area contributed by atoms with Gasteiger partial charge in [-0.3, -0.25) is 9.59 Å². The van der Waals surface area contributed by atoms with Crippen molar-refractivity contribution in [3.63, 3.8) is 0 Å². The van der Waals surface area contributed by atoms with Crippen molar-refractivity contribution in [3.8, 4) is 0 Å². The topological polar surface area (TPSA) is 57.6 Å². The lowest BCUT2D eigenvalue weighted by Gasteiger charge is -2.31. The highest BCUT2D eigenvalue weighted by atomic mass is 16.4. The minimum atomic E-state index is -0.951. The molecule has 92 valence electrons. The van der Waals surface area contributed by atoms with Gasteiger partial charge >= 0.3 is 5.97 Å². The number of amides is 1. The van der Waals surface area contributed by atoms with Gasteiger partial charge in [-0.2, -0.15) is 0 Å². The van der Waals surface area contributed by atoms with Crippen LogP contribution in [0.15, 0.2) is 0 Å². The Hall–Kier alpha value is -1.06. The molecule has 1 amide bonds. The summed E-state index contributed by atoms with van der Waals surface area (Å²) < 4.78 is 0. The van der Waals surface area contributed by atoms with E-state index in [0.29, 0.717) is 0 Å². The molecule has 1 fully saturated rings. The third-order valence-corrected chi connectivity index (χ3v) is 3.44. The van der Waals surface area contributed by atoms with Gasteiger partial charge in [0.2, 0.25) is 5.91 Å². The average Bonchev–Trinajstić information content (AvgIpc) is 2.42. The summed E-state index contributed by atoms with van der Waals surface area (Å²) in [6, 6.07) is 0. The molecule has 0 aromatic heterocycles. The van der Waals surface area contributed by atoms with Crippen molar-refractivity contribution in [1.82, 2.24) is 4.90 Å². The third kappa shape index (κ3) is 3.22. The van der Waals surface area contributed by atoms with E-state index in [2.05, 4.69) is 0 Å². The van der Waals surface area contributed by atoms with Gasteiger partial charge in [0.1, 0.15) is 6.54 Å². The molecule has 1 N–H and O–H groups in total. The molecule has 16 heavy (non-hydrogen) atoms. The van der Waals surface area contributed by atoms with Crippen LogP contribution in [-0.4, -0.2) is 35.5 Å². The largest absolute Gasteiger partial charge is 0.480 e. The van der Waals surface area contributed by atoms with Crippen molar-refractivity contribution >= 4 is 11.9 Å². The Labute approximate surface area is 96.6 Å². The molecule has 1 aliphatic carbocycles. The standard InChI is InChI=1S/C12H21NO3/c1-12(7-5-3-4-6-8-12)11(16)13(2)9-10(14)15/h3-9H2,1-2H3,(H,14,15). The summed E-state index contributed by atoms with van der Waals surface area (Å²) in [5.74, 6) is -0.968. The summed E-state index contributed by atoms with van der Waals surface area (Å²) >= 11 is 0. The van der Waals surface area contributed by atoms with Crippen molar-refractivity contribution in [3.05, 3.63) is 0 Å². The second-order valence-electron chi connectivity index (χ2n) is 5.03. The first-order valence-corrected chi connectivity index (χ1v) is 5.93. The lowest BCUT2D eigenvalue weighted by Crippen LogP contribution is -2.42. The Kier molecular flexibility index (Phi) is 4.33. The monoisotopic (exact) mass is 227 g/mol. The zero-order valence-electron chi connectivity index (χ0n) is 10.2. The van der Waals surface area contributed by atoms with Gasteiger partial charge in [0.25, 0.3) is 0 Å². The highest BCUT2D eigenvalue weighted by Gasteiger charge is 2.35. The number of carboxylic acids is 1. The molecule has 0 heterocycles. The van der Waals surface area contributed by atoms with Gasteiger partial charge in [-0.25, -0.2) is 0 Å². The van der Waals surface area contributed by atoms with Crippen LogP contribution >= 0.6 is 0 Å². The Morgan fingerprint density at radius 2 is 1.69 bits per heavy atom. The highest BCUT2D eigenvalue weighted by molar-refractivity contribution is 5.85. The average molecular weight is 227 g/mol. The maximum absolute atomic E-state index is 12.2. The predicted molar refractivity (Wildman–Crippen MR) is 61.1 cm³/mol. The second-order valence-corrected chi connectivity index (χ2v) is 5.03. The lowest BCUT2D eigenvalue weighted by molar-refractivity contribution is -0.148. The summed E-state index contributed by atoms with van der Waals surface area (Å²) in [5.41, 5.74) is -0.347. The van der Waals surface area contributed by atoms with Crippen LogP contribution < -0.4 is 0 Å². The maximum atomic E-state index is 12.2. The van der Waals surface area contributed by atoms with Crippen molar-refractivity contribution in [1.29, 1.82) is 0 Å². The van der Waals surface area contributed by atoms with Crippen LogP contribution in [0.4, 0.5) is 0 Å².